The zero-order valence-electron chi connectivity index (χ0n) is 25.4. The molecule has 3 saturated heterocycles. The Labute approximate surface area is 262 Å². The van der Waals surface area contributed by atoms with Gasteiger partial charge in [-0.2, -0.15) is 0 Å². The lowest BCUT2D eigenvalue weighted by atomic mass is 9.72. The molecule has 4 unspecified atom stereocenters. The number of H-pyrrole nitrogens is 1. The van der Waals surface area contributed by atoms with Crippen molar-refractivity contribution in [1.82, 2.24) is 25.1 Å². The number of fused-ring (bicyclic) bond motifs is 2. The van der Waals surface area contributed by atoms with Gasteiger partial charge in [0.1, 0.15) is 0 Å². The Morgan fingerprint density at radius 1 is 0.933 bits per heavy atom. The van der Waals surface area contributed by atoms with E-state index in [4.69, 9.17) is 0 Å². The lowest BCUT2D eigenvalue weighted by Crippen LogP contribution is -2.56. The third-order valence-corrected chi connectivity index (χ3v) is 9.95. The van der Waals surface area contributed by atoms with Crippen molar-refractivity contribution in [3.05, 3.63) is 113 Å². The number of piperidine rings is 3. The molecule has 2 amide bonds. The van der Waals surface area contributed by atoms with Gasteiger partial charge in [-0.1, -0.05) is 61.2 Å². The minimum Gasteiger partial charge on any atom is -0.356 e. The lowest BCUT2D eigenvalue weighted by Gasteiger charge is -2.44. The van der Waals surface area contributed by atoms with E-state index in [2.05, 4.69) is 80.9 Å². The summed E-state index contributed by atoms with van der Waals surface area (Å²) in [5.74, 6) is 0.123. The molecule has 4 aromatic rings. The molecule has 232 valence electrons. The second-order valence-electron chi connectivity index (χ2n) is 12.7. The minimum atomic E-state index is -0.280. The van der Waals surface area contributed by atoms with E-state index in [1.807, 2.05) is 22.8 Å². The number of likely N-dealkylation sites (tertiary alicyclic amines) is 1. The summed E-state index contributed by atoms with van der Waals surface area (Å²) >= 11 is 0. The maximum atomic E-state index is 12.9. The van der Waals surface area contributed by atoms with Crippen molar-refractivity contribution in [2.45, 2.75) is 56.3 Å². The summed E-state index contributed by atoms with van der Waals surface area (Å²) in [6, 6.07) is 25.5. The van der Waals surface area contributed by atoms with Crippen molar-refractivity contribution in [1.29, 1.82) is 0 Å². The number of carbonyl (C=O) groups is 2. The molecule has 1 aromatic heterocycles. The van der Waals surface area contributed by atoms with Crippen LogP contribution in [-0.4, -0.2) is 51.9 Å². The number of hydrogen-bond donors (Lipinski definition) is 4. The van der Waals surface area contributed by atoms with Crippen LogP contribution in [0.4, 0.5) is 5.69 Å². The Bertz CT molecular complexity index is 1750. The standard InChI is InChI=1S/C36H40N6O3/c1-2-33(43)38-26-12-13-31-32(20-26)42(36(45)40-31)27-15-18-41(19-16-27)22-23-8-10-25(11-9-23)34-28(24-6-4-3-5-7-24)21-29-30(39-34)14-17-37-35(29)44/h2-13,20,27-30,34,39H,1,14-19,21-22H2,(H,37,44)(H,38,43)(H,40,45). The van der Waals surface area contributed by atoms with Crippen LogP contribution in [0.5, 0.6) is 0 Å². The molecule has 0 bridgehead atoms. The maximum absolute atomic E-state index is 12.9. The maximum Gasteiger partial charge on any atom is 0.326 e. The summed E-state index contributed by atoms with van der Waals surface area (Å²) < 4.78 is 1.85. The van der Waals surface area contributed by atoms with Crippen molar-refractivity contribution in [3.63, 3.8) is 0 Å². The molecule has 3 fully saturated rings. The molecule has 3 aliphatic heterocycles. The highest BCUT2D eigenvalue weighted by molar-refractivity contribution is 6.00. The zero-order valence-corrected chi connectivity index (χ0v) is 25.4. The Morgan fingerprint density at radius 2 is 1.71 bits per heavy atom. The highest BCUT2D eigenvalue weighted by Crippen LogP contribution is 2.43. The van der Waals surface area contributed by atoms with Crippen LogP contribution in [0.3, 0.4) is 0 Å². The molecule has 3 aromatic carbocycles. The van der Waals surface area contributed by atoms with Gasteiger partial charge in [0, 0.05) is 55.9 Å². The number of anilines is 1. The number of benzene rings is 3. The molecule has 0 radical (unpaired) electrons. The van der Waals surface area contributed by atoms with Gasteiger partial charge in [0.15, 0.2) is 0 Å². The summed E-state index contributed by atoms with van der Waals surface area (Å²) in [4.78, 5) is 42.9. The number of carbonyl (C=O) groups excluding carboxylic acids is 2. The zero-order chi connectivity index (χ0) is 30.9. The predicted molar refractivity (Wildman–Crippen MR) is 176 cm³/mol. The van der Waals surface area contributed by atoms with Crippen LogP contribution in [0.15, 0.2) is 90.2 Å². The van der Waals surface area contributed by atoms with Crippen LogP contribution in [0.25, 0.3) is 11.0 Å². The molecule has 45 heavy (non-hydrogen) atoms. The molecular formula is C36H40N6O3. The number of aromatic amines is 1. The van der Waals surface area contributed by atoms with Gasteiger partial charge >= 0.3 is 5.69 Å². The number of imidazole rings is 1. The van der Waals surface area contributed by atoms with Crippen LogP contribution in [0.1, 0.15) is 60.4 Å². The SMILES string of the molecule is C=CC(=O)Nc1ccc2[nH]c(=O)n(C3CCN(Cc4ccc(C5NC6CCNC(=O)C6CC5c5ccccc5)cc4)CC3)c2c1. The molecule has 3 aliphatic rings. The van der Waals surface area contributed by atoms with E-state index < -0.39 is 0 Å². The van der Waals surface area contributed by atoms with Crippen molar-refractivity contribution in [2.75, 3.05) is 25.0 Å². The van der Waals surface area contributed by atoms with Crippen molar-refractivity contribution in [2.24, 2.45) is 5.92 Å². The molecular weight excluding hydrogens is 564 g/mol. The van der Waals surface area contributed by atoms with Crippen molar-refractivity contribution < 1.29 is 9.59 Å². The van der Waals surface area contributed by atoms with Gasteiger partial charge in [-0.15, -0.1) is 0 Å². The first-order chi connectivity index (χ1) is 22.0. The Morgan fingerprint density at radius 3 is 2.47 bits per heavy atom. The van der Waals surface area contributed by atoms with Gasteiger partial charge in [0.05, 0.1) is 17.0 Å². The molecule has 7 rings (SSSR count). The van der Waals surface area contributed by atoms with Gasteiger partial charge in [0.25, 0.3) is 0 Å². The number of nitrogens with one attached hydrogen (secondary N) is 4. The van der Waals surface area contributed by atoms with Crippen molar-refractivity contribution >= 4 is 28.5 Å². The summed E-state index contributed by atoms with van der Waals surface area (Å²) in [5.41, 5.74) is 5.90. The van der Waals surface area contributed by atoms with Gasteiger partial charge in [-0.05, 0) is 66.6 Å². The second kappa shape index (κ2) is 12.5. The first-order valence-corrected chi connectivity index (χ1v) is 16.0. The van der Waals surface area contributed by atoms with Gasteiger partial charge < -0.3 is 20.9 Å². The fraction of sp³-hybridized carbons (Fsp3) is 0.361. The quantitative estimate of drug-likeness (QED) is 0.230. The molecule has 0 saturated carbocycles. The van der Waals surface area contributed by atoms with Gasteiger partial charge in [-0.25, -0.2) is 4.79 Å². The molecule has 9 heteroatoms. The molecule has 0 aliphatic carbocycles. The second-order valence-corrected chi connectivity index (χ2v) is 12.7. The van der Waals surface area contributed by atoms with E-state index in [1.165, 1.54) is 22.8 Å². The molecule has 4 heterocycles. The number of hydrogen-bond acceptors (Lipinski definition) is 5. The van der Waals surface area contributed by atoms with Crippen LogP contribution >= 0.6 is 0 Å². The minimum absolute atomic E-state index is 0.00250. The number of rotatable bonds is 7. The fourth-order valence-corrected chi connectivity index (χ4v) is 7.63. The Hall–Kier alpha value is -4.47. The van der Waals surface area contributed by atoms with Crippen LogP contribution in [-0.2, 0) is 16.1 Å². The van der Waals surface area contributed by atoms with E-state index in [-0.39, 0.29) is 47.5 Å². The Balaban J connectivity index is 1.02. The normalized spacial score (nSPS) is 24.1. The largest absolute Gasteiger partial charge is 0.356 e. The van der Waals surface area contributed by atoms with E-state index >= 15 is 0 Å². The van der Waals surface area contributed by atoms with Gasteiger partial charge in [0.2, 0.25) is 11.8 Å². The number of amides is 2. The van der Waals surface area contributed by atoms with Crippen LogP contribution < -0.4 is 21.6 Å². The van der Waals surface area contributed by atoms with E-state index in [0.29, 0.717) is 5.69 Å². The van der Waals surface area contributed by atoms with E-state index in [9.17, 15) is 14.4 Å². The molecule has 9 nitrogen and oxygen atoms in total. The third-order valence-electron chi connectivity index (χ3n) is 9.95. The Kier molecular flexibility index (Phi) is 8.12. The number of nitrogens with zero attached hydrogens (tertiary/aromatic N) is 2. The third kappa shape index (κ3) is 5.98. The van der Waals surface area contributed by atoms with Gasteiger partial charge in [-0.3, -0.25) is 19.1 Å². The van der Waals surface area contributed by atoms with Crippen LogP contribution in [0, 0.1) is 5.92 Å². The van der Waals surface area contributed by atoms with Crippen LogP contribution in [0.2, 0.25) is 0 Å². The lowest BCUT2D eigenvalue weighted by molar-refractivity contribution is -0.129. The average Bonchev–Trinajstić information content (AvgIpc) is 3.40. The molecule has 4 atom stereocenters. The number of aromatic nitrogens is 2. The summed E-state index contributed by atoms with van der Waals surface area (Å²) in [6.45, 7) is 6.89. The van der Waals surface area contributed by atoms with Crippen molar-refractivity contribution in [3.8, 4) is 0 Å². The molecule has 0 spiro atoms. The molecule has 4 N–H and O–H groups in total. The monoisotopic (exact) mass is 604 g/mol. The van der Waals surface area contributed by atoms with E-state index in [0.717, 1.165) is 62.9 Å². The fourth-order valence-electron chi connectivity index (χ4n) is 7.63. The topological polar surface area (TPSA) is 111 Å². The highest BCUT2D eigenvalue weighted by atomic mass is 16.2. The highest BCUT2D eigenvalue weighted by Gasteiger charge is 2.42. The first-order valence-electron chi connectivity index (χ1n) is 16.0. The summed E-state index contributed by atoms with van der Waals surface area (Å²) in [7, 11) is 0. The summed E-state index contributed by atoms with van der Waals surface area (Å²) in [5, 5.41) is 9.74. The average molecular weight is 605 g/mol. The first kappa shape index (κ1) is 29.3. The predicted octanol–water partition coefficient (Wildman–Crippen LogP) is 4.61. The van der Waals surface area contributed by atoms with E-state index in [1.54, 1.807) is 6.07 Å². The summed E-state index contributed by atoms with van der Waals surface area (Å²) in [6.07, 6.45) is 4.78. The smallest absolute Gasteiger partial charge is 0.326 e.